The number of halogens is 23. The molecular formula is C18H4F23NO5S. The molecule has 0 saturated heterocycles. The number of allylic oxidation sites excluding steroid dienone is 1. The molecule has 1 N–H and O–H groups in total. The number of ether oxygens (including phenoxy) is 1. The Labute approximate surface area is 246 Å². The molecular weight excluding hydrogens is 779 g/mol. The summed E-state index contributed by atoms with van der Waals surface area (Å²) in [4.78, 5) is 7.85. The van der Waals surface area contributed by atoms with Crippen molar-refractivity contribution in [2.45, 2.75) is 52.6 Å². The summed E-state index contributed by atoms with van der Waals surface area (Å²) in [6.07, 6.45) is -8.05. The van der Waals surface area contributed by atoms with Gasteiger partial charge in [0.05, 0.1) is 0 Å². The highest BCUT2D eigenvalue weighted by molar-refractivity contribution is 7.89. The van der Waals surface area contributed by atoms with E-state index in [-0.39, 0.29) is 0 Å². The van der Waals surface area contributed by atoms with Gasteiger partial charge < -0.3 is 9.84 Å². The zero-order valence-electron chi connectivity index (χ0n) is 21.1. The SMILES string of the molecule is CN(C(F)(OC(F)=C(F)C(F)(F)C(F)(F)C(F)(F)C(F)(F)C(F)(F)C(F)(F)C(F)(F)F)C(=O)O)S(=O)(=O)c1c(F)c(F)c(F)c(F)c1F. The van der Waals surface area contributed by atoms with E-state index in [4.69, 9.17) is 5.11 Å². The summed E-state index contributed by atoms with van der Waals surface area (Å²) in [6.45, 7) is 0. The van der Waals surface area contributed by atoms with Gasteiger partial charge in [-0.25, -0.2) is 35.2 Å². The lowest BCUT2D eigenvalue weighted by Crippen LogP contribution is -2.72. The fourth-order valence-corrected chi connectivity index (χ4v) is 4.07. The number of benzene rings is 1. The van der Waals surface area contributed by atoms with Crippen LogP contribution in [-0.2, 0) is 19.6 Å². The Bertz CT molecular complexity index is 1570. The summed E-state index contributed by atoms with van der Waals surface area (Å²) in [7, 11) is -7.98. The predicted octanol–water partition coefficient (Wildman–Crippen LogP) is 7.21. The summed E-state index contributed by atoms with van der Waals surface area (Å²) in [5, 5.41) is 8.75. The van der Waals surface area contributed by atoms with Gasteiger partial charge in [0.25, 0.3) is 10.0 Å². The average Bonchev–Trinajstić information content (AvgIpc) is 2.92. The Hall–Kier alpha value is -3.47. The molecule has 0 amide bonds. The molecule has 1 atom stereocenters. The molecule has 30 heteroatoms. The van der Waals surface area contributed by atoms with Gasteiger partial charge in [0.15, 0.2) is 28.2 Å². The van der Waals surface area contributed by atoms with Crippen molar-refractivity contribution >= 4 is 16.0 Å². The molecule has 0 radical (unpaired) electrons. The Morgan fingerprint density at radius 1 is 0.604 bits per heavy atom. The molecule has 1 aromatic carbocycles. The second kappa shape index (κ2) is 11.8. The molecule has 0 heterocycles. The quantitative estimate of drug-likeness (QED) is 0.0606. The molecule has 48 heavy (non-hydrogen) atoms. The summed E-state index contributed by atoms with van der Waals surface area (Å²) >= 11 is 0. The fourth-order valence-electron chi connectivity index (χ4n) is 2.74. The van der Waals surface area contributed by atoms with Gasteiger partial charge in [-0.1, -0.05) is 0 Å². The molecule has 1 rings (SSSR count). The highest BCUT2D eigenvalue weighted by Gasteiger charge is 2.94. The first-order valence-electron chi connectivity index (χ1n) is 10.3. The van der Waals surface area contributed by atoms with E-state index in [1.165, 1.54) is 0 Å². The molecule has 6 nitrogen and oxygen atoms in total. The summed E-state index contributed by atoms with van der Waals surface area (Å²) in [5.41, 5.74) is 0. The Balaban J connectivity index is 3.90. The first kappa shape index (κ1) is 42.6. The molecule has 0 saturated carbocycles. The summed E-state index contributed by atoms with van der Waals surface area (Å²) < 4.78 is 334. The molecule has 0 fully saturated rings. The van der Waals surface area contributed by atoms with Gasteiger partial charge in [0.2, 0.25) is 11.6 Å². The zero-order valence-corrected chi connectivity index (χ0v) is 21.9. The lowest BCUT2D eigenvalue weighted by atomic mass is 9.91. The highest BCUT2D eigenvalue weighted by atomic mass is 32.2. The van der Waals surface area contributed by atoms with Crippen LogP contribution in [0.4, 0.5) is 101 Å². The van der Waals surface area contributed by atoms with Crippen LogP contribution in [-0.4, -0.2) is 78.5 Å². The summed E-state index contributed by atoms with van der Waals surface area (Å²) in [5.74, 6) is -85.0. The van der Waals surface area contributed by atoms with Gasteiger partial charge >= 0.3 is 59.7 Å². The highest BCUT2D eigenvalue weighted by Crippen LogP contribution is 2.63. The van der Waals surface area contributed by atoms with Gasteiger partial charge in [0, 0.05) is 7.05 Å². The molecule has 1 aromatic rings. The first-order chi connectivity index (χ1) is 20.8. The predicted molar refractivity (Wildman–Crippen MR) is 98.7 cm³/mol. The number of hydrogen-bond acceptors (Lipinski definition) is 4. The van der Waals surface area contributed by atoms with Crippen LogP contribution >= 0.6 is 0 Å². The zero-order chi connectivity index (χ0) is 39.0. The number of sulfonamides is 1. The largest absolute Gasteiger partial charge is 0.475 e. The van der Waals surface area contributed by atoms with E-state index in [9.17, 15) is 114 Å². The van der Waals surface area contributed by atoms with E-state index in [1.807, 2.05) is 0 Å². The van der Waals surface area contributed by atoms with E-state index in [2.05, 4.69) is 4.74 Å². The number of alkyl halides is 16. The van der Waals surface area contributed by atoms with Crippen molar-refractivity contribution < 1.29 is 124 Å². The van der Waals surface area contributed by atoms with Crippen molar-refractivity contribution in [3.05, 3.63) is 40.9 Å². The normalized spacial score (nSPS) is 16.5. The maximum atomic E-state index is 14.9. The maximum Gasteiger partial charge on any atom is 0.460 e. The number of nitrogens with zero attached hydrogens (tertiary/aromatic N) is 1. The van der Waals surface area contributed by atoms with Crippen LogP contribution in [0.1, 0.15) is 0 Å². The van der Waals surface area contributed by atoms with Crippen LogP contribution in [0.3, 0.4) is 0 Å². The maximum absolute atomic E-state index is 14.9. The van der Waals surface area contributed by atoms with E-state index < -0.39 is 121 Å². The third-order valence-electron chi connectivity index (χ3n) is 5.46. The van der Waals surface area contributed by atoms with E-state index in [0.29, 0.717) is 0 Å². The number of hydrogen-bond donors (Lipinski definition) is 1. The number of likely N-dealkylation sites (N-methyl/N-ethyl adjacent to an activating group) is 1. The van der Waals surface area contributed by atoms with Crippen molar-refractivity contribution in [2.75, 3.05) is 7.05 Å². The van der Waals surface area contributed by atoms with Gasteiger partial charge in [-0.2, -0.15) is 79.0 Å². The number of aliphatic carboxylic acids is 1. The van der Waals surface area contributed by atoms with Gasteiger partial charge in [-0.3, -0.25) is 0 Å². The fraction of sp³-hybridized carbons (Fsp3) is 0.500. The third-order valence-corrected chi connectivity index (χ3v) is 7.29. The lowest BCUT2D eigenvalue weighted by Gasteiger charge is -2.41. The van der Waals surface area contributed by atoms with Crippen molar-refractivity contribution in [1.82, 2.24) is 4.31 Å². The van der Waals surface area contributed by atoms with Crippen LogP contribution < -0.4 is 0 Å². The number of rotatable bonds is 12. The van der Waals surface area contributed by atoms with Crippen LogP contribution in [0.5, 0.6) is 0 Å². The minimum absolute atomic E-state index is 0.836. The van der Waals surface area contributed by atoms with Crippen LogP contribution in [0, 0.1) is 29.1 Å². The van der Waals surface area contributed by atoms with Crippen molar-refractivity contribution in [2.24, 2.45) is 0 Å². The van der Waals surface area contributed by atoms with E-state index >= 15 is 0 Å². The minimum Gasteiger partial charge on any atom is -0.475 e. The van der Waals surface area contributed by atoms with Gasteiger partial charge in [-0.15, -0.1) is 4.31 Å². The van der Waals surface area contributed by atoms with Crippen molar-refractivity contribution in [1.29, 1.82) is 0 Å². The summed E-state index contributed by atoms with van der Waals surface area (Å²) in [6, 6.07) is -4.87. The number of carboxylic acids is 1. The molecule has 0 bridgehead atoms. The molecule has 1 unspecified atom stereocenters. The average molecular weight is 783 g/mol. The van der Waals surface area contributed by atoms with Crippen molar-refractivity contribution in [3.63, 3.8) is 0 Å². The third kappa shape index (κ3) is 5.69. The Morgan fingerprint density at radius 2 is 0.917 bits per heavy atom. The number of carbonyl (C=O) groups is 1. The Morgan fingerprint density at radius 3 is 1.25 bits per heavy atom. The Kier molecular flexibility index (Phi) is 10.5. The minimum atomic E-state index is -9.08. The molecule has 0 aliphatic rings. The smallest absolute Gasteiger partial charge is 0.460 e. The first-order valence-corrected chi connectivity index (χ1v) is 11.8. The monoisotopic (exact) mass is 783 g/mol. The van der Waals surface area contributed by atoms with Gasteiger partial charge in [-0.05, 0) is 0 Å². The lowest BCUT2D eigenvalue weighted by molar-refractivity contribution is -0.451. The van der Waals surface area contributed by atoms with Crippen molar-refractivity contribution in [3.8, 4) is 0 Å². The van der Waals surface area contributed by atoms with E-state index in [1.54, 1.807) is 0 Å². The second-order valence-electron chi connectivity index (χ2n) is 8.37. The van der Waals surface area contributed by atoms with Crippen LogP contribution in [0.15, 0.2) is 16.7 Å². The standard InChI is InChI=1S/C18H4F23NO5S/c1-42(48(45,46)7-5(22)3(20)2(19)4(21)6(7)23)12(28,10(43)44)47-9(25)8(24)11(26,27)13(29,30)14(31,32)15(33,34)16(35,36)17(37,38)18(39,40)41/h1H3,(H,43,44). The van der Waals surface area contributed by atoms with Gasteiger partial charge in [0.1, 0.15) is 0 Å². The van der Waals surface area contributed by atoms with E-state index in [0.717, 1.165) is 0 Å². The van der Waals surface area contributed by atoms with Crippen LogP contribution in [0.25, 0.3) is 0 Å². The van der Waals surface area contributed by atoms with Crippen LogP contribution in [0.2, 0.25) is 0 Å². The molecule has 0 aliphatic carbocycles. The molecule has 0 aromatic heterocycles. The molecule has 0 spiro atoms. The second-order valence-corrected chi connectivity index (χ2v) is 10.3. The molecule has 278 valence electrons. The topological polar surface area (TPSA) is 83.9 Å². The number of carboxylic acid groups (broad SMARTS) is 1. The molecule has 0 aliphatic heterocycles.